The van der Waals surface area contributed by atoms with Gasteiger partial charge in [-0.25, -0.2) is 4.79 Å². The summed E-state index contributed by atoms with van der Waals surface area (Å²) in [5.41, 5.74) is 2.51. The molecule has 0 radical (unpaired) electrons. The summed E-state index contributed by atoms with van der Waals surface area (Å²) in [4.78, 5) is 25.8. The fraction of sp³-hybridized carbons (Fsp3) is 0.111. The van der Waals surface area contributed by atoms with Gasteiger partial charge in [-0.15, -0.1) is 0 Å². The standard InChI is InChI=1S/C18H14Br2N2O3/c1-10-2-4-11(5-3-10)9-22-17(24)15(21-18(22)25)7-12-6-13(19)8-14(20)16(12)23/h2-8,23H,9H2,1H3,(H,21,25)/b15-7+. The third-order valence-electron chi connectivity index (χ3n) is 3.78. The van der Waals surface area contributed by atoms with Crippen molar-refractivity contribution in [3.8, 4) is 5.75 Å². The van der Waals surface area contributed by atoms with E-state index in [1.807, 2.05) is 31.2 Å². The first-order valence-corrected chi connectivity index (χ1v) is 9.02. The number of hydrogen-bond acceptors (Lipinski definition) is 3. The molecule has 1 aliphatic rings. The molecule has 3 amide bonds. The molecule has 1 heterocycles. The number of imide groups is 1. The van der Waals surface area contributed by atoms with Crippen LogP contribution in [-0.2, 0) is 11.3 Å². The molecule has 0 saturated carbocycles. The van der Waals surface area contributed by atoms with E-state index in [9.17, 15) is 14.7 Å². The van der Waals surface area contributed by atoms with E-state index in [-0.39, 0.29) is 18.0 Å². The highest BCUT2D eigenvalue weighted by Crippen LogP contribution is 2.33. The van der Waals surface area contributed by atoms with Crippen molar-refractivity contribution in [1.29, 1.82) is 0 Å². The monoisotopic (exact) mass is 464 g/mol. The van der Waals surface area contributed by atoms with Crippen molar-refractivity contribution >= 4 is 49.9 Å². The van der Waals surface area contributed by atoms with Gasteiger partial charge in [0.1, 0.15) is 11.4 Å². The van der Waals surface area contributed by atoms with Crippen molar-refractivity contribution in [2.45, 2.75) is 13.5 Å². The molecule has 0 aliphatic carbocycles. The number of carbonyl (C=O) groups is 2. The molecule has 5 nitrogen and oxygen atoms in total. The predicted molar refractivity (Wildman–Crippen MR) is 102 cm³/mol. The van der Waals surface area contributed by atoms with Crippen LogP contribution in [0.1, 0.15) is 16.7 Å². The number of urea groups is 1. The third kappa shape index (κ3) is 3.77. The molecule has 25 heavy (non-hydrogen) atoms. The number of amides is 3. The second-order valence-corrected chi connectivity index (χ2v) is 7.46. The molecule has 2 N–H and O–H groups in total. The van der Waals surface area contributed by atoms with Gasteiger partial charge in [0.05, 0.1) is 11.0 Å². The maximum Gasteiger partial charge on any atom is 0.329 e. The average molecular weight is 466 g/mol. The fourth-order valence-corrected chi connectivity index (χ4v) is 3.70. The number of aryl methyl sites for hydroxylation is 1. The number of aromatic hydroxyl groups is 1. The number of phenolic OH excluding ortho intramolecular Hbond substituents is 1. The van der Waals surface area contributed by atoms with Gasteiger partial charge in [0, 0.05) is 10.0 Å². The first-order chi connectivity index (χ1) is 11.8. The lowest BCUT2D eigenvalue weighted by Crippen LogP contribution is -2.30. The van der Waals surface area contributed by atoms with Crippen LogP contribution >= 0.6 is 31.9 Å². The van der Waals surface area contributed by atoms with E-state index in [2.05, 4.69) is 37.2 Å². The highest BCUT2D eigenvalue weighted by Gasteiger charge is 2.33. The Morgan fingerprint density at radius 1 is 1.16 bits per heavy atom. The average Bonchev–Trinajstić information content (AvgIpc) is 2.81. The quantitative estimate of drug-likeness (QED) is 0.523. The lowest BCUT2D eigenvalue weighted by Gasteiger charge is -2.11. The van der Waals surface area contributed by atoms with E-state index >= 15 is 0 Å². The van der Waals surface area contributed by atoms with E-state index in [1.54, 1.807) is 12.1 Å². The number of carbonyl (C=O) groups excluding carboxylic acids is 2. The molecule has 1 fully saturated rings. The lowest BCUT2D eigenvalue weighted by molar-refractivity contribution is -0.123. The van der Waals surface area contributed by atoms with Gasteiger partial charge in [0.25, 0.3) is 5.91 Å². The summed E-state index contributed by atoms with van der Waals surface area (Å²) in [6.07, 6.45) is 1.46. The van der Waals surface area contributed by atoms with Crippen LogP contribution in [0.2, 0.25) is 0 Å². The largest absolute Gasteiger partial charge is 0.506 e. The fourth-order valence-electron chi connectivity index (χ4n) is 2.44. The van der Waals surface area contributed by atoms with Crippen molar-refractivity contribution in [3.63, 3.8) is 0 Å². The van der Waals surface area contributed by atoms with Crippen LogP contribution in [0, 0.1) is 6.92 Å². The Labute approximate surface area is 161 Å². The van der Waals surface area contributed by atoms with E-state index in [0.29, 0.717) is 10.0 Å². The van der Waals surface area contributed by atoms with Crippen molar-refractivity contribution < 1.29 is 14.7 Å². The molecular weight excluding hydrogens is 452 g/mol. The van der Waals surface area contributed by atoms with E-state index < -0.39 is 11.9 Å². The molecule has 0 spiro atoms. The molecule has 3 rings (SSSR count). The van der Waals surface area contributed by atoms with Crippen LogP contribution < -0.4 is 5.32 Å². The van der Waals surface area contributed by atoms with Gasteiger partial charge in [-0.2, -0.15) is 0 Å². The smallest absolute Gasteiger partial charge is 0.329 e. The van der Waals surface area contributed by atoms with Crippen LogP contribution in [0.15, 0.2) is 51.0 Å². The number of phenols is 1. The number of nitrogens with zero attached hydrogens (tertiary/aromatic N) is 1. The van der Waals surface area contributed by atoms with Crippen molar-refractivity contribution in [2.24, 2.45) is 0 Å². The van der Waals surface area contributed by atoms with E-state index in [1.165, 1.54) is 6.08 Å². The van der Waals surface area contributed by atoms with Crippen molar-refractivity contribution in [2.75, 3.05) is 0 Å². The Morgan fingerprint density at radius 2 is 1.84 bits per heavy atom. The highest BCUT2D eigenvalue weighted by atomic mass is 79.9. The van der Waals surface area contributed by atoms with Gasteiger partial charge in [0.2, 0.25) is 0 Å². The zero-order valence-corrected chi connectivity index (χ0v) is 16.4. The molecule has 0 bridgehead atoms. The zero-order chi connectivity index (χ0) is 18.1. The first-order valence-electron chi connectivity index (χ1n) is 7.43. The second-order valence-electron chi connectivity index (χ2n) is 5.69. The summed E-state index contributed by atoms with van der Waals surface area (Å²) in [5.74, 6) is -0.434. The van der Waals surface area contributed by atoms with Crippen LogP contribution in [-0.4, -0.2) is 21.9 Å². The molecule has 2 aromatic carbocycles. The molecule has 7 heteroatoms. The predicted octanol–water partition coefficient (Wildman–Crippen LogP) is 4.32. The normalized spacial score (nSPS) is 15.8. The summed E-state index contributed by atoms with van der Waals surface area (Å²) in [7, 11) is 0. The Bertz CT molecular complexity index is 892. The summed E-state index contributed by atoms with van der Waals surface area (Å²) >= 11 is 6.58. The van der Waals surface area contributed by atoms with Crippen LogP contribution in [0.4, 0.5) is 4.79 Å². The van der Waals surface area contributed by atoms with Gasteiger partial charge in [-0.05, 0) is 46.6 Å². The summed E-state index contributed by atoms with van der Waals surface area (Å²) < 4.78 is 1.22. The minimum Gasteiger partial charge on any atom is -0.506 e. The summed E-state index contributed by atoms with van der Waals surface area (Å²) in [5, 5.41) is 12.7. The third-order valence-corrected chi connectivity index (χ3v) is 4.84. The number of rotatable bonds is 3. The summed E-state index contributed by atoms with van der Waals surface area (Å²) in [6.45, 7) is 2.16. The molecule has 2 aromatic rings. The van der Waals surface area contributed by atoms with E-state index in [0.717, 1.165) is 20.5 Å². The van der Waals surface area contributed by atoms with Gasteiger partial charge < -0.3 is 10.4 Å². The number of hydrogen-bond donors (Lipinski definition) is 2. The molecule has 0 unspecified atom stereocenters. The van der Waals surface area contributed by atoms with Crippen molar-refractivity contribution in [3.05, 3.63) is 67.7 Å². The molecule has 1 aliphatic heterocycles. The van der Waals surface area contributed by atoms with Gasteiger partial charge in [-0.1, -0.05) is 45.8 Å². The SMILES string of the molecule is Cc1ccc(CN2C(=O)N/C(=C/c3cc(Br)cc(Br)c3O)C2=O)cc1. The number of nitrogens with one attached hydrogen (secondary N) is 1. The summed E-state index contributed by atoms with van der Waals surface area (Å²) in [6, 6.07) is 10.5. The Kier molecular flexibility index (Phi) is 4.96. The maximum atomic E-state index is 12.5. The van der Waals surface area contributed by atoms with Crippen LogP contribution in [0.5, 0.6) is 5.75 Å². The Balaban J connectivity index is 1.87. The zero-order valence-electron chi connectivity index (χ0n) is 13.2. The number of benzene rings is 2. The molecule has 0 atom stereocenters. The van der Waals surface area contributed by atoms with Gasteiger partial charge >= 0.3 is 6.03 Å². The first kappa shape index (κ1) is 17.7. The van der Waals surface area contributed by atoms with Gasteiger partial charge in [0.15, 0.2) is 0 Å². The number of halogens is 2. The molecule has 1 saturated heterocycles. The highest BCUT2D eigenvalue weighted by molar-refractivity contribution is 9.11. The van der Waals surface area contributed by atoms with Gasteiger partial charge in [-0.3, -0.25) is 9.69 Å². The van der Waals surface area contributed by atoms with Crippen LogP contribution in [0.3, 0.4) is 0 Å². The van der Waals surface area contributed by atoms with Crippen LogP contribution in [0.25, 0.3) is 6.08 Å². The second kappa shape index (κ2) is 7.01. The topological polar surface area (TPSA) is 69.6 Å². The Hall–Kier alpha value is -2.12. The molecule has 128 valence electrons. The lowest BCUT2D eigenvalue weighted by atomic mass is 10.1. The minimum absolute atomic E-state index is 0.00488. The van der Waals surface area contributed by atoms with E-state index in [4.69, 9.17) is 0 Å². The van der Waals surface area contributed by atoms with Crippen molar-refractivity contribution in [1.82, 2.24) is 10.2 Å². The maximum absolute atomic E-state index is 12.5. The molecular formula is C18H14Br2N2O3. The minimum atomic E-state index is -0.481. The Morgan fingerprint density at radius 3 is 2.52 bits per heavy atom. The molecule has 0 aromatic heterocycles.